The molecule has 52 heavy (non-hydrogen) atoms. The van der Waals surface area contributed by atoms with Gasteiger partial charge in [0.25, 0.3) is 0 Å². The molecule has 0 spiro atoms. The SMILES string of the molecule is CCC[NH2+]CCC.CCC[NH2+]CCC.CCC[NH2+]CCC.CCC[NH2+]CCC.CCC[NH2+]CCC.CCC[NH2+]CCC.O=P([O-])([O-])[O-].O=P([O-])([O-])[O-]. The van der Waals surface area contributed by atoms with Gasteiger partial charge in [-0.2, -0.15) is 15.6 Å². The molecule has 0 unspecified atom stereocenters. The van der Waals surface area contributed by atoms with Crippen molar-refractivity contribution < 1.29 is 70.4 Å². The van der Waals surface area contributed by atoms with Gasteiger partial charge in [-0.1, -0.05) is 83.1 Å². The zero-order valence-corrected chi connectivity index (χ0v) is 38.4. The van der Waals surface area contributed by atoms with E-state index >= 15 is 0 Å². The lowest BCUT2D eigenvalue weighted by Crippen LogP contribution is -2.84. The summed E-state index contributed by atoms with van der Waals surface area (Å²) in [7, 11) is -10.8. The molecule has 328 valence electrons. The molecule has 0 aliphatic rings. The van der Waals surface area contributed by atoms with E-state index in [0.717, 1.165) is 0 Å². The summed E-state index contributed by atoms with van der Waals surface area (Å²) in [4.78, 5) is 51.3. The van der Waals surface area contributed by atoms with Gasteiger partial charge < -0.3 is 70.4 Å². The Labute approximate surface area is 324 Å². The maximum absolute atomic E-state index is 8.55. The minimum atomic E-state index is -5.39. The summed E-state index contributed by atoms with van der Waals surface area (Å²) in [5.41, 5.74) is 0. The van der Waals surface area contributed by atoms with E-state index in [1.54, 1.807) is 0 Å². The van der Waals surface area contributed by atoms with Crippen LogP contribution in [-0.2, 0) is 9.13 Å². The zero-order chi connectivity index (χ0) is 42.2. The van der Waals surface area contributed by atoms with Crippen molar-refractivity contribution in [3.05, 3.63) is 0 Å². The van der Waals surface area contributed by atoms with Gasteiger partial charge in [0.15, 0.2) is 0 Å². The van der Waals surface area contributed by atoms with Crippen LogP contribution in [0.3, 0.4) is 0 Å². The fraction of sp³-hybridized carbons (Fsp3) is 1.00. The van der Waals surface area contributed by atoms with Gasteiger partial charge in [-0.3, -0.25) is 0 Å². The predicted molar refractivity (Wildman–Crippen MR) is 209 cm³/mol. The Morgan fingerprint density at radius 2 is 0.308 bits per heavy atom. The van der Waals surface area contributed by atoms with Gasteiger partial charge in [0.1, 0.15) is 0 Å². The Kier molecular flexibility index (Phi) is 97.1. The van der Waals surface area contributed by atoms with Crippen molar-refractivity contribution >= 4 is 15.6 Å². The van der Waals surface area contributed by atoms with Crippen LogP contribution in [0.25, 0.3) is 0 Å². The van der Waals surface area contributed by atoms with E-state index < -0.39 is 15.6 Å². The number of rotatable bonds is 24. The molecule has 12 N–H and O–H groups in total. The van der Waals surface area contributed by atoms with Crippen LogP contribution in [0.2, 0.25) is 0 Å². The van der Waals surface area contributed by atoms with Crippen molar-refractivity contribution in [3.63, 3.8) is 0 Å². The first-order valence-corrected chi connectivity index (χ1v) is 23.8. The summed E-state index contributed by atoms with van der Waals surface area (Å²) in [6.07, 6.45) is 15.7. The van der Waals surface area contributed by atoms with E-state index in [1.807, 2.05) is 0 Å². The van der Waals surface area contributed by atoms with E-state index in [9.17, 15) is 0 Å². The Bertz CT molecular complexity index is 471. The van der Waals surface area contributed by atoms with Gasteiger partial charge in [0.2, 0.25) is 0 Å². The third-order valence-electron chi connectivity index (χ3n) is 5.91. The summed E-state index contributed by atoms with van der Waals surface area (Å²) < 4.78 is 17.1. The highest BCUT2D eigenvalue weighted by molar-refractivity contribution is 7.40. The van der Waals surface area contributed by atoms with Gasteiger partial charge in [-0.05, 0) is 77.0 Å². The molecule has 16 heteroatoms. The van der Waals surface area contributed by atoms with Gasteiger partial charge >= 0.3 is 0 Å². The highest BCUT2D eigenvalue weighted by Crippen LogP contribution is 2.03. The standard InChI is InChI=1S/6C6H15N.2H3O4P/c6*1-3-5-7-6-4-2;2*1-5(2,3)4/h6*7H,3-6H2,1-2H3;2*(H3,1,2,3,4). The van der Waals surface area contributed by atoms with Crippen molar-refractivity contribution in [2.24, 2.45) is 0 Å². The lowest BCUT2D eigenvalue weighted by atomic mass is 10.4. The molecule has 0 radical (unpaired) electrons. The minimum absolute atomic E-state index is 1.30. The van der Waals surface area contributed by atoms with E-state index in [2.05, 4.69) is 115 Å². The smallest absolute Gasteiger partial charge is 0.0752 e. The molecular weight excluding hydrogens is 706 g/mol. The van der Waals surface area contributed by atoms with E-state index in [1.165, 1.54) is 156 Å². The summed E-state index contributed by atoms with van der Waals surface area (Å²) >= 11 is 0. The number of phosphoric acid groups is 2. The number of hydrogen-bond donors (Lipinski definition) is 6. The average molecular weight is 803 g/mol. The van der Waals surface area contributed by atoms with Crippen LogP contribution in [-0.4, -0.2) is 78.5 Å². The van der Waals surface area contributed by atoms with Crippen LogP contribution in [0.5, 0.6) is 0 Å². The predicted octanol–water partition coefficient (Wildman–Crippen LogP) is -3.43. The molecule has 0 rings (SSSR count). The topological polar surface area (TPSA) is 272 Å². The number of nitrogens with two attached hydrogens (primary N) is 6. The fourth-order valence-corrected chi connectivity index (χ4v) is 3.32. The van der Waals surface area contributed by atoms with Crippen LogP contribution in [0, 0.1) is 0 Å². The van der Waals surface area contributed by atoms with E-state index in [4.69, 9.17) is 38.5 Å². The first kappa shape index (κ1) is 69.8. The molecule has 0 heterocycles. The lowest BCUT2D eigenvalue weighted by molar-refractivity contribution is -0.654. The summed E-state index contributed by atoms with van der Waals surface area (Å²) in [5, 5.41) is 14.2. The largest absolute Gasteiger partial charge is 0.822 e. The van der Waals surface area contributed by atoms with Crippen molar-refractivity contribution in [1.29, 1.82) is 0 Å². The second kappa shape index (κ2) is 72.3. The maximum atomic E-state index is 8.55. The maximum Gasteiger partial charge on any atom is 0.0752 e. The second-order valence-corrected chi connectivity index (χ2v) is 13.9. The minimum Gasteiger partial charge on any atom is -0.822 e. The van der Waals surface area contributed by atoms with Crippen LogP contribution in [0.1, 0.15) is 160 Å². The summed E-state index contributed by atoms with van der Waals surface area (Å²) in [6, 6.07) is 0. The first-order valence-electron chi connectivity index (χ1n) is 20.8. The monoisotopic (exact) mass is 803 g/mol. The zero-order valence-electron chi connectivity index (χ0n) is 36.6. The van der Waals surface area contributed by atoms with Gasteiger partial charge in [-0.25, -0.2) is 0 Å². The van der Waals surface area contributed by atoms with Crippen LogP contribution >= 0.6 is 15.6 Å². The second-order valence-electron chi connectivity index (χ2n) is 12.1. The molecule has 0 amide bonds. The molecular formula is C36H96N6O8P2. The first-order chi connectivity index (χ1) is 24.5. The summed E-state index contributed by atoms with van der Waals surface area (Å²) in [6.45, 7) is 42.2. The van der Waals surface area contributed by atoms with Crippen molar-refractivity contribution in [2.45, 2.75) is 160 Å². The highest BCUT2D eigenvalue weighted by atomic mass is 31.2. The summed E-state index contributed by atoms with van der Waals surface area (Å²) in [5.74, 6) is 0. The normalized spacial score (nSPS) is 9.88. The third-order valence-corrected chi connectivity index (χ3v) is 5.91. The quantitative estimate of drug-likeness (QED) is 0.0421. The molecule has 0 fully saturated rings. The van der Waals surface area contributed by atoms with Crippen LogP contribution in [0.4, 0.5) is 0 Å². The Morgan fingerprint density at radius 1 is 0.250 bits per heavy atom. The third kappa shape index (κ3) is 209. The van der Waals surface area contributed by atoms with E-state index in [-0.39, 0.29) is 0 Å². The molecule has 14 nitrogen and oxygen atoms in total. The Morgan fingerprint density at radius 3 is 0.346 bits per heavy atom. The van der Waals surface area contributed by atoms with Crippen molar-refractivity contribution in [2.75, 3.05) is 78.5 Å². The highest BCUT2D eigenvalue weighted by Gasteiger charge is 1.83. The van der Waals surface area contributed by atoms with Gasteiger partial charge in [-0.15, -0.1) is 0 Å². The molecule has 0 aromatic carbocycles. The van der Waals surface area contributed by atoms with Gasteiger partial charge in [0, 0.05) is 0 Å². The van der Waals surface area contributed by atoms with Crippen LogP contribution in [0.15, 0.2) is 0 Å². The number of quaternary nitrogens is 6. The Hall–Kier alpha value is -0.0200. The molecule has 0 aromatic rings. The number of hydrogen-bond acceptors (Lipinski definition) is 8. The molecule has 0 aromatic heterocycles. The molecule has 0 aliphatic carbocycles. The van der Waals surface area contributed by atoms with E-state index in [0.29, 0.717) is 0 Å². The molecule has 0 atom stereocenters. The van der Waals surface area contributed by atoms with Crippen molar-refractivity contribution in [1.82, 2.24) is 0 Å². The van der Waals surface area contributed by atoms with Crippen molar-refractivity contribution in [3.8, 4) is 0 Å². The fourth-order valence-electron chi connectivity index (χ4n) is 3.32. The Balaban J connectivity index is -0.0000000711. The average Bonchev–Trinajstić information content (AvgIpc) is 3.06. The molecule has 0 bridgehead atoms. The van der Waals surface area contributed by atoms with Crippen LogP contribution < -0.4 is 61.3 Å². The molecule has 0 saturated carbocycles. The molecule has 0 aliphatic heterocycles. The lowest BCUT2D eigenvalue weighted by Gasteiger charge is -2.36. The van der Waals surface area contributed by atoms with Gasteiger partial charge in [0.05, 0.1) is 78.5 Å². The molecule has 0 saturated heterocycles.